The zero-order valence-corrected chi connectivity index (χ0v) is 8.86. The lowest BCUT2D eigenvalue weighted by atomic mass is 10.4. The van der Waals surface area contributed by atoms with Gasteiger partial charge in [0.2, 0.25) is 0 Å². The van der Waals surface area contributed by atoms with Gasteiger partial charge in [-0.15, -0.1) is 22.8 Å². The van der Waals surface area contributed by atoms with E-state index in [1.54, 1.807) is 6.33 Å². The summed E-state index contributed by atoms with van der Waals surface area (Å²) in [7, 11) is 0. The zero-order chi connectivity index (χ0) is 9.80. The number of ether oxygens (including phenoxy) is 1. The zero-order valence-electron chi connectivity index (χ0n) is 7.96. The third-order valence-electron chi connectivity index (χ3n) is 2.36. The Kier molecular flexibility index (Phi) is 3.39. The first-order valence-electron chi connectivity index (χ1n) is 4.73. The summed E-state index contributed by atoms with van der Waals surface area (Å²) in [5.74, 6) is 0. The average molecular weight is 214 g/mol. The normalized spacial score (nSPS) is 18.6. The predicted octanol–water partition coefficient (Wildman–Crippen LogP) is -0.101. The molecular formula is C8H14N4OS. The minimum absolute atomic E-state index is 0.679. The van der Waals surface area contributed by atoms with Crippen LogP contribution in [0.4, 0.5) is 0 Å². The molecule has 0 bridgehead atoms. The smallest absolute Gasteiger partial charge is 0.187 e. The van der Waals surface area contributed by atoms with E-state index in [0.29, 0.717) is 5.16 Å². The Bertz CT molecular complexity index is 285. The molecule has 5 nitrogen and oxygen atoms in total. The van der Waals surface area contributed by atoms with E-state index in [-0.39, 0.29) is 0 Å². The number of rotatable bonds is 3. The summed E-state index contributed by atoms with van der Waals surface area (Å²) < 4.78 is 7.22. The topological polar surface area (TPSA) is 43.2 Å². The van der Waals surface area contributed by atoms with Crippen molar-refractivity contribution in [2.75, 3.05) is 32.8 Å². The van der Waals surface area contributed by atoms with Crippen LogP contribution in [0.2, 0.25) is 0 Å². The number of thiol groups is 1. The maximum absolute atomic E-state index is 5.27. The second-order valence-corrected chi connectivity index (χ2v) is 3.68. The molecule has 0 atom stereocenters. The lowest BCUT2D eigenvalue weighted by molar-refractivity contribution is 0.0361. The minimum Gasteiger partial charge on any atom is -0.379 e. The summed E-state index contributed by atoms with van der Waals surface area (Å²) in [4.78, 5) is 2.37. The summed E-state index contributed by atoms with van der Waals surface area (Å²) >= 11 is 4.19. The summed E-state index contributed by atoms with van der Waals surface area (Å²) in [6.45, 7) is 5.63. The van der Waals surface area contributed by atoms with Crippen molar-refractivity contribution in [3.63, 3.8) is 0 Å². The van der Waals surface area contributed by atoms with Crippen molar-refractivity contribution >= 4 is 12.6 Å². The van der Waals surface area contributed by atoms with Crippen LogP contribution in [0.5, 0.6) is 0 Å². The predicted molar refractivity (Wildman–Crippen MR) is 54.5 cm³/mol. The van der Waals surface area contributed by atoms with Gasteiger partial charge in [-0.1, -0.05) is 0 Å². The Morgan fingerprint density at radius 1 is 1.36 bits per heavy atom. The first-order valence-corrected chi connectivity index (χ1v) is 5.18. The quantitative estimate of drug-likeness (QED) is 0.714. The lowest BCUT2D eigenvalue weighted by Crippen LogP contribution is -2.38. The molecule has 0 aromatic carbocycles. The molecule has 1 fully saturated rings. The van der Waals surface area contributed by atoms with Gasteiger partial charge in [-0.25, -0.2) is 0 Å². The lowest BCUT2D eigenvalue weighted by Gasteiger charge is -2.26. The molecule has 1 aliphatic rings. The molecule has 1 saturated heterocycles. The van der Waals surface area contributed by atoms with Gasteiger partial charge in [0.1, 0.15) is 6.33 Å². The van der Waals surface area contributed by atoms with E-state index in [0.717, 1.165) is 39.4 Å². The first-order chi connectivity index (χ1) is 6.86. The molecular weight excluding hydrogens is 200 g/mol. The fourth-order valence-electron chi connectivity index (χ4n) is 1.48. The Hall–Kier alpha value is -0.590. The molecule has 1 aliphatic heterocycles. The van der Waals surface area contributed by atoms with Crippen molar-refractivity contribution in [3.05, 3.63) is 6.33 Å². The molecule has 0 spiro atoms. The molecule has 78 valence electrons. The van der Waals surface area contributed by atoms with Crippen LogP contribution < -0.4 is 0 Å². The molecule has 2 rings (SSSR count). The third-order valence-corrected chi connectivity index (χ3v) is 2.70. The maximum Gasteiger partial charge on any atom is 0.187 e. The minimum atomic E-state index is 0.679. The molecule has 0 amide bonds. The monoisotopic (exact) mass is 214 g/mol. The fraction of sp³-hybridized carbons (Fsp3) is 0.750. The highest BCUT2D eigenvalue weighted by molar-refractivity contribution is 7.80. The van der Waals surface area contributed by atoms with Crippen molar-refractivity contribution in [1.29, 1.82) is 0 Å². The molecule has 0 radical (unpaired) electrons. The van der Waals surface area contributed by atoms with Crippen molar-refractivity contribution in [1.82, 2.24) is 19.7 Å². The molecule has 0 N–H and O–H groups in total. The van der Waals surface area contributed by atoms with Crippen LogP contribution in [-0.2, 0) is 11.3 Å². The van der Waals surface area contributed by atoms with E-state index in [2.05, 4.69) is 27.7 Å². The van der Waals surface area contributed by atoms with Gasteiger partial charge in [-0.05, 0) is 0 Å². The van der Waals surface area contributed by atoms with Gasteiger partial charge >= 0.3 is 0 Å². The van der Waals surface area contributed by atoms with E-state index in [4.69, 9.17) is 4.74 Å². The van der Waals surface area contributed by atoms with Crippen LogP contribution in [0.15, 0.2) is 11.5 Å². The van der Waals surface area contributed by atoms with Gasteiger partial charge < -0.3 is 9.30 Å². The van der Waals surface area contributed by atoms with Crippen molar-refractivity contribution < 1.29 is 4.74 Å². The Balaban J connectivity index is 1.79. The van der Waals surface area contributed by atoms with Gasteiger partial charge in [0, 0.05) is 26.2 Å². The number of nitrogens with zero attached hydrogens (tertiary/aromatic N) is 4. The summed E-state index contributed by atoms with van der Waals surface area (Å²) in [5.41, 5.74) is 0. The van der Waals surface area contributed by atoms with E-state index in [1.165, 1.54) is 0 Å². The van der Waals surface area contributed by atoms with E-state index >= 15 is 0 Å². The van der Waals surface area contributed by atoms with Crippen LogP contribution in [-0.4, -0.2) is 52.5 Å². The molecule has 2 heterocycles. The van der Waals surface area contributed by atoms with Gasteiger partial charge in [0.05, 0.1) is 13.2 Å². The van der Waals surface area contributed by atoms with Crippen LogP contribution in [0.25, 0.3) is 0 Å². The van der Waals surface area contributed by atoms with E-state index in [1.807, 2.05) is 4.57 Å². The average Bonchev–Trinajstić information content (AvgIpc) is 2.63. The summed E-state index contributed by atoms with van der Waals surface area (Å²) in [6, 6.07) is 0. The van der Waals surface area contributed by atoms with Crippen molar-refractivity contribution in [2.24, 2.45) is 0 Å². The highest BCUT2D eigenvalue weighted by Gasteiger charge is 2.10. The van der Waals surface area contributed by atoms with Crippen molar-refractivity contribution in [3.8, 4) is 0 Å². The maximum atomic E-state index is 5.27. The second kappa shape index (κ2) is 4.77. The number of aromatic nitrogens is 3. The number of hydrogen-bond acceptors (Lipinski definition) is 5. The molecule has 0 aliphatic carbocycles. The Morgan fingerprint density at radius 2 is 2.14 bits per heavy atom. The van der Waals surface area contributed by atoms with Gasteiger partial charge in [-0.2, -0.15) is 0 Å². The third kappa shape index (κ3) is 2.46. The van der Waals surface area contributed by atoms with E-state index < -0.39 is 0 Å². The van der Waals surface area contributed by atoms with Crippen LogP contribution in [0.3, 0.4) is 0 Å². The van der Waals surface area contributed by atoms with Crippen LogP contribution in [0.1, 0.15) is 0 Å². The Labute approximate surface area is 88.5 Å². The van der Waals surface area contributed by atoms with Gasteiger partial charge in [0.15, 0.2) is 5.16 Å². The number of morpholine rings is 1. The Morgan fingerprint density at radius 3 is 2.79 bits per heavy atom. The molecule has 0 unspecified atom stereocenters. The van der Waals surface area contributed by atoms with Crippen molar-refractivity contribution in [2.45, 2.75) is 11.7 Å². The first kappa shape index (κ1) is 9.95. The van der Waals surface area contributed by atoms with Gasteiger partial charge in [-0.3, -0.25) is 4.90 Å². The van der Waals surface area contributed by atoms with Crippen LogP contribution >= 0.6 is 12.6 Å². The SMILES string of the molecule is Sc1nncn1CCN1CCOCC1. The summed E-state index contributed by atoms with van der Waals surface area (Å²) in [5, 5.41) is 8.27. The van der Waals surface area contributed by atoms with E-state index in [9.17, 15) is 0 Å². The van der Waals surface area contributed by atoms with Gasteiger partial charge in [0.25, 0.3) is 0 Å². The second-order valence-electron chi connectivity index (χ2n) is 3.28. The molecule has 1 aromatic heterocycles. The molecule has 14 heavy (non-hydrogen) atoms. The fourth-order valence-corrected chi connectivity index (χ4v) is 1.68. The molecule has 6 heteroatoms. The highest BCUT2D eigenvalue weighted by atomic mass is 32.1. The summed E-state index contributed by atoms with van der Waals surface area (Å²) in [6.07, 6.45) is 1.71. The highest BCUT2D eigenvalue weighted by Crippen LogP contribution is 2.02. The molecule has 0 saturated carbocycles. The van der Waals surface area contributed by atoms with Crippen LogP contribution in [0, 0.1) is 0 Å². The largest absolute Gasteiger partial charge is 0.379 e. The number of hydrogen-bond donors (Lipinski definition) is 1. The molecule has 1 aromatic rings. The standard InChI is InChI=1S/C8H14N4OS/c14-8-10-9-7-12(8)2-1-11-3-5-13-6-4-11/h7H,1-6H2,(H,10,14).